The van der Waals surface area contributed by atoms with Crippen molar-refractivity contribution in [2.75, 3.05) is 39.8 Å². The molecule has 1 heterocycles. The molecule has 20 heavy (non-hydrogen) atoms. The van der Waals surface area contributed by atoms with Crippen LogP contribution in [0.5, 0.6) is 5.75 Å². The molecule has 3 nitrogen and oxygen atoms in total. The number of benzene rings is 1. The van der Waals surface area contributed by atoms with Crippen molar-refractivity contribution in [1.29, 1.82) is 0 Å². The molecule has 0 amide bonds. The summed E-state index contributed by atoms with van der Waals surface area (Å²) in [4.78, 5) is 2.56. The van der Waals surface area contributed by atoms with Gasteiger partial charge in [-0.1, -0.05) is 6.07 Å². The van der Waals surface area contributed by atoms with Gasteiger partial charge in [-0.05, 0) is 76.0 Å². The van der Waals surface area contributed by atoms with E-state index in [4.69, 9.17) is 4.74 Å². The number of hydrogen-bond donors (Lipinski definition) is 1. The molecule has 0 saturated carbocycles. The number of aryl methyl sites for hydroxylation is 2. The standard InChI is InChI=1S/C17H28N2O/c1-14-9-15(2)11-17(10-14)20-8-4-6-19-7-5-16(13-19)12-18-3/h9-11,16,18H,4-8,12-13H2,1-3H3. The van der Waals surface area contributed by atoms with Gasteiger partial charge in [0.15, 0.2) is 0 Å². The van der Waals surface area contributed by atoms with Gasteiger partial charge in [0.1, 0.15) is 5.75 Å². The monoisotopic (exact) mass is 276 g/mol. The van der Waals surface area contributed by atoms with Gasteiger partial charge in [0.25, 0.3) is 0 Å². The van der Waals surface area contributed by atoms with Gasteiger partial charge in [0.05, 0.1) is 6.61 Å². The smallest absolute Gasteiger partial charge is 0.119 e. The Kier molecular flexibility index (Phi) is 5.86. The molecule has 0 bridgehead atoms. The molecule has 112 valence electrons. The minimum absolute atomic E-state index is 0.816. The highest BCUT2D eigenvalue weighted by molar-refractivity contribution is 5.32. The third kappa shape index (κ3) is 4.80. The minimum Gasteiger partial charge on any atom is -0.494 e. The number of rotatable bonds is 7. The molecule has 1 N–H and O–H groups in total. The Morgan fingerprint density at radius 1 is 1.25 bits per heavy atom. The maximum Gasteiger partial charge on any atom is 0.119 e. The molecule has 1 aromatic carbocycles. The Labute approximate surface area is 123 Å². The molecule has 1 aliphatic heterocycles. The number of nitrogens with zero attached hydrogens (tertiary/aromatic N) is 1. The van der Waals surface area contributed by atoms with Gasteiger partial charge < -0.3 is 15.0 Å². The first-order valence-corrected chi connectivity index (χ1v) is 7.75. The summed E-state index contributed by atoms with van der Waals surface area (Å²) in [7, 11) is 2.04. The quantitative estimate of drug-likeness (QED) is 0.775. The van der Waals surface area contributed by atoms with Crippen molar-refractivity contribution in [3.05, 3.63) is 29.3 Å². The van der Waals surface area contributed by atoms with Gasteiger partial charge in [-0.3, -0.25) is 0 Å². The largest absolute Gasteiger partial charge is 0.494 e. The van der Waals surface area contributed by atoms with E-state index in [-0.39, 0.29) is 0 Å². The summed E-state index contributed by atoms with van der Waals surface area (Å²) in [6.45, 7) is 9.84. The molecular formula is C17H28N2O. The number of likely N-dealkylation sites (tertiary alicyclic amines) is 1. The summed E-state index contributed by atoms with van der Waals surface area (Å²) in [5.74, 6) is 1.84. The van der Waals surface area contributed by atoms with Crippen molar-refractivity contribution in [2.24, 2.45) is 5.92 Å². The Morgan fingerprint density at radius 3 is 2.70 bits per heavy atom. The molecule has 0 aliphatic carbocycles. The highest BCUT2D eigenvalue weighted by Crippen LogP contribution is 2.17. The highest BCUT2D eigenvalue weighted by Gasteiger charge is 2.20. The van der Waals surface area contributed by atoms with E-state index in [1.165, 1.54) is 30.6 Å². The lowest BCUT2D eigenvalue weighted by Gasteiger charge is -2.16. The third-order valence-electron chi connectivity index (χ3n) is 3.95. The van der Waals surface area contributed by atoms with E-state index in [0.717, 1.165) is 37.8 Å². The second-order valence-electron chi connectivity index (χ2n) is 6.04. The molecule has 2 rings (SSSR count). The van der Waals surface area contributed by atoms with E-state index >= 15 is 0 Å². The molecule has 1 saturated heterocycles. The molecule has 0 aromatic heterocycles. The number of hydrogen-bond acceptors (Lipinski definition) is 3. The third-order valence-corrected chi connectivity index (χ3v) is 3.95. The van der Waals surface area contributed by atoms with Crippen LogP contribution in [0, 0.1) is 19.8 Å². The highest BCUT2D eigenvalue weighted by atomic mass is 16.5. The lowest BCUT2D eigenvalue weighted by atomic mass is 10.1. The van der Waals surface area contributed by atoms with Crippen LogP contribution in [-0.4, -0.2) is 44.7 Å². The fourth-order valence-electron chi connectivity index (χ4n) is 3.07. The van der Waals surface area contributed by atoms with E-state index < -0.39 is 0 Å². The second-order valence-corrected chi connectivity index (χ2v) is 6.04. The van der Waals surface area contributed by atoms with E-state index in [1.54, 1.807) is 0 Å². The first-order valence-electron chi connectivity index (χ1n) is 7.75. The van der Waals surface area contributed by atoms with E-state index in [1.807, 2.05) is 7.05 Å². The molecule has 1 fully saturated rings. The maximum absolute atomic E-state index is 5.86. The molecule has 3 heteroatoms. The number of nitrogens with one attached hydrogen (secondary N) is 1. The first kappa shape index (κ1) is 15.3. The van der Waals surface area contributed by atoms with E-state index in [2.05, 4.69) is 42.3 Å². The van der Waals surface area contributed by atoms with Crippen molar-refractivity contribution in [3.8, 4) is 5.75 Å². The predicted molar refractivity (Wildman–Crippen MR) is 84.5 cm³/mol. The van der Waals surface area contributed by atoms with Gasteiger partial charge in [-0.25, -0.2) is 0 Å². The average molecular weight is 276 g/mol. The van der Waals surface area contributed by atoms with Crippen LogP contribution < -0.4 is 10.1 Å². The fraction of sp³-hybridized carbons (Fsp3) is 0.647. The average Bonchev–Trinajstić information content (AvgIpc) is 2.82. The van der Waals surface area contributed by atoms with Crippen molar-refractivity contribution in [2.45, 2.75) is 26.7 Å². The van der Waals surface area contributed by atoms with Crippen LogP contribution in [0.2, 0.25) is 0 Å². The fourth-order valence-corrected chi connectivity index (χ4v) is 3.07. The zero-order valence-corrected chi connectivity index (χ0v) is 13.1. The minimum atomic E-state index is 0.816. The first-order chi connectivity index (χ1) is 9.67. The second kappa shape index (κ2) is 7.65. The van der Waals surface area contributed by atoms with Crippen molar-refractivity contribution in [1.82, 2.24) is 10.2 Å². The SMILES string of the molecule is CNCC1CCN(CCCOc2cc(C)cc(C)c2)C1. The van der Waals surface area contributed by atoms with Crippen LogP contribution in [0.3, 0.4) is 0 Å². The van der Waals surface area contributed by atoms with Crippen LogP contribution in [-0.2, 0) is 0 Å². The Hall–Kier alpha value is -1.06. The van der Waals surface area contributed by atoms with Gasteiger partial charge in [-0.2, -0.15) is 0 Å². The number of ether oxygens (including phenoxy) is 1. The molecule has 1 aliphatic rings. The Bertz CT molecular complexity index is 399. The van der Waals surface area contributed by atoms with Crippen LogP contribution >= 0.6 is 0 Å². The van der Waals surface area contributed by atoms with Gasteiger partial charge in [-0.15, -0.1) is 0 Å². The zero-order chi connectivity index (χ0) is 14.4. The molecular weight excluding hydrogens is 248 g/mol. The lowest BCUT2D eigenvalue weighted by molar-refractivity contribution is 0.258. The van der Waals surface area contributed by atoms with Crippen LogP contribution in [0.25, 0.3) is 0 Å². The maximum atomic E-state index is 5.86. The summed E-state index contributed by atoms with van der Waals surface area (Å²) in [5.41, 5.74) is 2.55. The van der Waals surface area contributed by atoms with Gasteiger partial charge in [0, 0.05) is 13.1 Å². The van der Waals surface area contributed by atoms with E-state index in [0.29, 0.717) is 0 Å². The van der Waals surface area contributed by atoms with Crippen molar-refractivity contribution in [3.63, 3.8) is 0 Å². The summed E-state index contributed by atoms with van der Waals surface area (Å²) < 4.78 is 5.86. The molecule has 1 unspecified atom stereocenters. The van der Waals surface area contributed by atoms with Crippen LogP contribution in [0.1, 0.15) is 24.0 Å². The molecule has 0 radical (unpaired) electrons. The summed E-state index contributed by atoms with van der Waals surface area (Å²) in [6, 6.07) is 6.41. The van der Waals surface area contributed by atoms with Crippen LogP contribution in [0.15, 0.2) is 18.2 Å². The lowest BCUT2D eigenvalue weighted by Crippen LogP contribution is -2.26. The van der Waals surface area contributed by atoms with Crippen molar-refractivity contribution < 1.29 is 4.74 Å². The molecule has 1 atom stereocenters. The molecule has 0 spiro atoms. The summed E-state index contributed by atoms with van der Waals surface area (Å²) in [5, 5.41) is 3.28. The van der Waals surface area contributed by atoms with Crippen LogP contribution in [0.4, 0.5) is 0 Å². The Morgan fingerprint density at radius 2 is 2.00 bits per heavy atom. The normalized spacial score (nSPS) is 19.4. The Balaban J connectivity index is 1.64. The van der Waals surface area contributed by atoms with Gasteiger partial charge in [0.2, 0.25) is 0 Å². The summed E-state index contributed by atoms with van der Waals surface area (Å²) in [6.07, 6.45) is 2.44. The predicted octanol–water partition coefficient (Wildman–Crippen LogP) is 2.61. The topological polar surface area (TPSA) is 24.5 Å². The van der Waals surface area contributed by atoms with Gasteiger partial charge >= 0.3 is 0 Å². The molecule has 1 aromatic rings. The van der Waals surface area contributed by atoms with Crippen molar-refractivity contribution >= 4 is 0 Å². The zero-order valence-electron chi connectivity index (χ0n) is 13.1. The van der Waals surface area contributed by atoms with E-state index in [9.17, 15) is 0 Å². The summed E-state index contributed by atoms with van der Waals surface area (Å²) >= 11 is 0.